The van der Waals surface area contributed by atoms with Crippen LogP contribution in [0.2, 0.25) is 0 Å². The quantitative estimate of drug-likeness (QED) is 0.804. The number of carbonyl (C=O) groups excluding carboxylic acids is 1. The minimum absolute atomic E-state index is 0.117. The molecule has 3 heterocycles. The fourth-order valence-electron chi connectivity index (χ4n) is 3.25. The number of aromatic nitrogens is 2. The largest absolute Gasteiger partial charge is 0.361 e. The Bertz CT molecular complexity index is 852. The smallest absolute Gasteiger partial charge is 0.254 e. The van der Waals surface area contributed by atoms with Crippen molar-refractivity contribution in [2.75, 3.05) is 20.1 Å². The van der Waals surface area contributed by atoms with Gasteiger partial charge in [0.2, 0.25) is 0 Å². The summed E-state index contributed by atoms with van der Waals surface area (Å²) in [5.74, 6) is 0.117. The van der Waals surface area contributed by atoms with E-state index in [0.717, 1.165) is 36.1 Å². The molecule has 0 bridgehead atoms. The molecule has 1 aromatic carbocycles. The Hall–Kier alpha value is -2.66. The SMILES string of the molecule is CN(Cc1cccnc1)C1CN(C(=O)c2cccc3[nH]ccc23)C1. The van der Waals surface area contributed by atoms with E-state index in [-0.39, 0.29) is 5.91 Å². The number of hydrogen-bond acceptors (Lipinski definition) is 3. The van der Waals surface area contributed by atoms with Crippen LogP contribution < -0.4 is 0 Å². The highest BCUT2D eigenvalue weighted by Gasteiger charge is 2.34. The molecule has 5 heteroatoms. The summed E-state index contributed by atoms with van der Waals surface area (Å²) in [6, 6.07) is 12.2. The van der Waals surface area contributed by atoms with Crippen molar-refractivity contribution in [2.45, 2.75) is 12.6 Å². The van der Waals surface area contributed by atoms with Crippen molar-refractivity contribution >= 4 is 16.8 Å². The minimum atomic E-state index is 0.117. The Morgan fingerprint density at radius 1 is 1.29 bits per heavy atom. The molecule has 1 aliphatic heterocycles. The van der Waals surface area contributed by atoms with Gasteiger partial charge in [-0.3, -0.25) is 14.7 Å². The van der Waals surface area contributed by atoms with Crippen molar-refractivity contribution in [2.24, 2.45) is 0 Å². The molecule has 0 radical (unpaired) electrons. The number of likely N-dealkylation sites (tertiary alicyclic amines) is 1. The Balaban J connectivity index is 1.40. The van der Waals surface area contributed by atoms with Gasteiger partial charge in [0.15, 0.2) is 0 Å². The van der Waals surface area contributed by atoms with Crippen LogP contribution in [0.1, 0.15) is 15.9 Å². The zero-order valence-corrected chi connectivity index (χ0v) is 13.6. The van der Waals surface area contributed by atoms with Gasteiger partial charge in [-0.1, -0.05) is 12.1 Å². The van der Waals surface area contributed by atoms with E-state index in [0.29, 0.717) is 6.04 Å². The highest BCUT2D eigenvalue weighted by molar-refractivity contribution is 6.06. The van der Waals surface area contributed by atoms with E-state index in [1.807, 2.05) is 47.6 Å². The van der Waals surface area contributed by atoms with Crippen LogP contribution in [0.25, 0.3) is 10.9 Å². The van der Waals surface area contributed by atoms with Crippen molar-refractivity contribution in [1.82, 2.24) is 19.8 Å². The second-order valence-electron chi connectivity index (χ2n) is 6.38. The molecule has 1 N–H and O–H groups in total. The Labute approximate surface area is 140 Å². The third kappa shape index (κ3) is 2.67. The van der Waals surface area contributed by atoms with E-state index in [1.54, 1.807) is 6.20 Å². The summed E-state index contributed by atoms with van der Waals surface area (Å²) in [5, 5.41) is 0.995. The van der Waals surface area contributed by atoms with Crippen molar-refractivity contribution in [3.05, 3.63) is 66.1 Å². The third-order valence-corrected chi connectivity index (χ3v) is 4.75. The van der Waals surface area contributed by atoms with E-state index in [1.165, 1.54) is 5.56 Å². The van der Waals surface area contributed by atoms with Crippen LogP contribution in [0.5, 0.6) is 0 Å². The van der Waals surface area contributed by atoms with E-state index in [9.17, 15) is 4.79 Å². The van der Waals surface area contributed by atoms with Crippen molar-refractivity contribution < 1.29 is 4.79 Å². The van der Waals surface area contributed by atoms with Gasteiger partial charge in [0.05, 0.1) is 0 Å². The first-order valence-electron chi connectivity index (χ1n) is 8.17. The number of pyridine rings is 1. The highest BCUT2D eigenvalue weighted by atomic mass is 16.2. The second kappa shape index (κ2) is 6.09. The monoisotopic (exact) mass is 320 g/mol. The van der Waals surface area contributed by atoms with Crippen LogP contribution in [0.4, 0.5) is 0 Å². The fraction of sp³-hybridized carbons (Fsp3) is 0.263. The van der Waals surface area contributed by atoms with Gasteiger partial charge in [0.1, 0.15) is 0 Å². The van der Waals surface area contributed by atoms with Crippen LogP contribution >= 0.6 is 0 Å². The van der Waals surface area contributed by atoms with E-state index in [2.05, 4.69) is 28.0 Å². The lowest BCUT2D eigenvalue weighted by molar-refractivity contribution is 0.0322. The maximum Gasteiger partial charge on any atom is 0.254 e. The van der Waals surface area contributed by atoms with Gasteiger partial charge < -0.3 is 9.88 Å². The molecule has 24 heavy (non-hydrogen) atoms. The molecule has 0 spiro atoms. The molecule has 0 atom stereocenters. The average Bonchev–Trinajstić information content (AvgIpc) is 3.02. The molecule has 5 nitrogen and oxygen atoms in total. The zero-order valence-electron chi connectivity index (χ0n) is 13.6. The van der Waals surface area contributed by atoms with Gasteiger partial charge in [-0.15, -0.1) is 0 Å². The number of fused-ring (bicyclic) bond motifs is 1. The molecule has 4 rings (SSSR count). The Kier molecular flexibility index (Phi) is 3.78. The first kappa shape index (κ1) is 14.9. The third-order valence-electron chi connectivity index (χ3n) is 4.75. The molecule has 3 aromatic rings. The molecule has 1 fully saturated rings. The van der Waals surface area contributed by atoms with Crippen LogP contribution in [0.3, 0.4) is 0 Å². The van der Waals surface area contributed by atoms with Crippen LogP contribution in [-0.4, -0.2) is 51.9 Å². The fourth-order valence-corrected chi connectivity index (χ4v) is 3.25. The van der Waals surface area contributed by atoms with Gasteiger partial charge in [-0.2, -0.15) is 0 Å². The summed E-state index contributed by atoms with van der Waals surface area (Å²) in [4.78, 5) is 24.3. The van der Waals surface area contributed by atoms with Crippen LogP contribution in [0, 0.1) is 0 Å². The van der Waals surface area contributed by atoms with Crippen molar-refractivity contribution in [3.63, 3.8) is 0 Å². The van der Waals surface area contributed by atoms with Gasteiger partial charge in [0.25, 0.3) is 5.91 Å². The summed E-state index contributed by atoms with van der Waals surface area (Å²) >= 11 is 0. The lowest BCUT2D eigenvalue weighted by atomic mass is 10.0. The molecule has 0 saturated carbocycles. The number of amides is 1. The normalized spacial score (nSPS) is 15.0. The Morgan fingerprint density at radius 2 is 2.17 bits per heavy atom. The summed E-state index contributed by atoms with van der Waals surface area (Å²) < 4.78 is 0. The minimum Gasteiger partial charge on any atom is -0.361 e. The summed E-state index contributed by atoms with van der Waals surface area (Å²) in [6.45, 7) is 2.40. The molecule has 2 aromatic heterocycles. The zero-order chi connectivity index (χ0) is 16.5. The lowest BCUT2D eigenvalue weighted by Crippen LogP contribution is -2.59. The molecule has 0 aliphatic carbocycles. The molecule has 1 amide bonds. The maximum atomic E-state index is 12.7. The topological polar surface area (TPSA) is 52.2 Å². The van der Waals surface area contributed by atoms with Crippen LogP contribution in [-0.2, 0) is 6.54 Å². The summed E-state index contributed by atoms with van der Waals surface area (Å²) in [6.07, 6.45) is 5.56. The maximum absolute atomic E-state index is 12.7. The number of benzene rings is 1. The van der Waals surface area contributed by atoms with E-state index >= 15 is 0 Å². The summed E-state index contributed by atoms with van der Waals surface area (Å²) in [5.41, 5.74) is 2.98. The number of rotatable bonds is 4. The van der Waals surface area contributed by atoms with Gasteiger partial charge in [-0.25, -0.2) is 0 Å². The number of carbonyl (C=O) groups is 1. The van der Waals surface area contributed by atoms with Crippen molar-refractivity contribution in [3.8, 4) is 0 Å². The van der Waals surface area contributed by atoms with Gasteiger partial charge in [-0.05, 0) is 36.9 Å². The van der Waals surface area contributed by atoms with Crippen LogP contribution in [0.15, 0.2) is 55.0 Å². The molecular weight excluding hydrogens is 300 g/mol. The standard InChI is InChI=1S/C19H20N4O/c1-22(11-14-4-3-8-20-10-14)15-12-23(13-15)19(24)17-5-2-6-18-16(17)7-9-21-18/h2-10,15,21H,11-13H2,1H3. The van der Waals surface area contributed by atoms with E-state index < -0.39 is 0 Å². The van der Waals surface area contributed by atoms with E-state index in [4.69, 9.17) is 0 Å². The first-order valence-corrected chi connectivity index (χ1v) is 8.17. The number of likely N-dealkylation sites (N-methyl/N-ethyl adjacent to an activating group) is 1. The predicted octanol–water partition coefficient (Wildman–Crippen LogP) is 2.52. The predicted molar refractivity (Wildman–Crippen MR) is 93.7 cm³/mol. The van der Waals surface area contributed by atoms with Crippen molar-refractivity contribution in [1.29, 1.82) is 0 Å². The number of nitrogens with one attached hydrogen (secondary N) is 1. The molecule has 122 valence electrons. The highest BCUT2D eigenvalue weighted by Crippen LogP contribution is 2.23. The van der Waals surface area contributed by atoms with Gasteiger partial charge >= 0.3 is 0 Å². The average molecular weight is 320 g/mol. The molecule has 1 saturated heterocycles. The van der Waals surface area contributed by atoms with Gasteiger partial charge in [0, 0.05) is 60.7 Å². The summed E-state index contributed by atoms with van der Waals surface area (Å²) in [7, 11) is 2.10. The molecular formula is C19H20N4O. The number of aromatic amines is 1. The second-order valence-corrected chi connectivity index (χ2v) is 6.38. The Morgan fingerprint density at radius 3 is 2.96 bits per heavy atom. The number of H-pyrrole nitrogens is 1. The molecule has 0 unspecified atom stereocenters. The number of nitrogens with zero attached hydrogens (tertiary/aromatic N) is 3. The number of hydrogen-bond donors (Lipinski definition) is 1. The first-order chi connectivity index (χ1) is 11.7. The lowest BCUT2D eigenvalue weighted by Gasteiger charge is -2.44. The molecule has 1 aliphatic rings.